The predicted molar refractivity (Wildman–Crippen MR) is 69.8 cm³/mol. The van der Waals surface area contributed by atoms with Gasteiger partial charge in [-0.2, -0.15) is 0 Å². The first-order valence-corrected chi connectivity index (χ1v) is 6.52. The van der Waals surface area contributed by atoms with Crippen molar-refractivity contribution in [3.8, 4) is 0 Å². The summed E-state index contributed by atoms with van der Waals surface area (Å²) in [6.45, 7) is 4.59. The van der Waals surface area contributed by atoms with E-state index in [1.54, 1.807) is 0 Å². The van der Waals surface area contributed by atoms with Gasteiger partial charge in [0.1, 0.15) is 0 Å². The van der Waals surface area contributed by atoms with Crippen molar-refractivity contribution in [2.24, 2.45) is 5.92 Å². The largest absolute Gasteiger partial charge is 0.317 e. The molecule has 0 aliphatic heterocycles. The zero-order valence-corrected chi connectivity index (χ0v) is 10.7. The molecule has 3 atom stereocenters. The van der Waals surface area contributed by atoms with E-state index < -0.39 is 0 Å². The topological polar surface area (TPSA) is 12.0 Å². The molecule has 1 aromatic carbocycles. The van der Waals surface area contributed by atoms with Crippen molar-refractivity contribution in [3.05, 3.63) is 35.4 Å². The van der Waals surface area contributed by atoms with Crippen molar-refractivity contribution in [2.75, 3.05) is 7.05 Å². The summed E-state index contributed by atoms with van der Waals surface area (Å²) in [6, 6.07) is 9.99. The molecule has 0 amide bonds. The molecule has 0 bridgehead atoms. The number of aryl methyl sites for hydroxylation is 1. The average molecular weight is 217 g/mol. The molecule has 16 heavy (non-hydrogen) atoms. The van der Waals surface area contributed by atoms with Gasteiger partial charge in [0.15, 0.2) is 0 Å². The molecule has 1 aliphatic rings. The number of nitrogens with one attached hydrogen (secondary N) is 1. The molecule has 1 N–H and O–H groups in total. The van der Waals surface area contributed by atoms with Crippen LogP contribution in [0.4, 0.5) is 0 Å². The van der Waals surface area contributed by atoms with Crippen molar-refractivity contribution in [3.63, 3.8) is 0 Å². The Hall–Kier alpha value is -0.820. The molecule has 88 valence electrons. The number of benzene rings is 1. The fraction of sp³-hybridized carbons (Fsp3) is 0.600. The van der Waals surface area contributed by atoms with Gasteiger partial charge in [0.25, 0.3) is 0 Å². The minimum atomic E-state index is 0.723. The fourth-order valence-electron chi connectivity index (χ4n) is 2.83. The van der Waals surface area contributed by atoms with Gasteiger partial charge in [0.05, 0.1) is 0 Å². The Balaban J connectivity index is 2.00. The van der Waals surface area contributed by atoms with Gasteiger partial charge in [0.2, 0.25) is 0 Å². The summed E-state index contributed by atoms with van der Waals surface area (Å²) in [5, 5.41) is 3.38. The van der Waals surface area contributed by atoms with Gasteiger partial charge in [-0.1, -0.05) is 44.5 Å². The highest BCUT2D eigenvalue weighted by Crippen LogP contribution is 2.42. The molecule has 2 rings (SSSR count). The number of hydrogen-bond donors (Lipinski definition) is 1. The quantitative estimate of drug-likeness (QED) is 0.815. The van der Waals surface area contributed by atoms with Gasteiger partial charge in [0, 0.05) is 6.04 Å². The predicted octanol–water partition coefficient (Wildman–Crippen LogP) is 3.35. The summed E-state index contributed by atoms with van der Waals surface area (Å²) in [4.78, 5) is 0. The maximum atomic E-state index is 3.38. The highest BCUT2D eigenvalue weighted by Gasteiger charge is 2.37. The van der Waals surface area contributed by atoms with Crippen LogP contribution in [0.2, 0.25) is 0 Å². The lowest BCUT2D eigenvalue weighted by Crippen LogP contribution is -2.46. The van der Waals surface area contributed by atoms with Crippen LogP contribution >= 0.6 is 0 Å². The van der Waals surface area contributed by atoms with E-state index in [2.05, 4.69) is 50.5 Å². The highest BCUT2D eigenvalue weighted by atomic mass is 14.9. The third-order valence-electron chi connectivity index (χ3n) is 4.09. The second kappa shape index (κ2) is 5.01. The van der Waals surface area contributed by atoms with Crippen molar-refractivity contribution >= 4 is 0 Å². The molecule has 0 saturated heterocycles. The molecule has 1 aromatic rings. The zero-order chi connectivity index (χ0) is 11.5. The normalized spacial score (nSPS) is 28.8. The lowest BCUT2D eigenvalue weighted by molar-refractivity contribution is 0.194. The van der Waals surface area contributed by atoms with Gasteiger partial charge in [-0.15, -0.1) is 0 Å². The fourth-order valence-corrected chi connectivity index (χ4v) is 2.83. The molecule has 0 spiro atoms. The lowest BCUT2D eigenvalue weighted by Gasteiger charge is -2.43. The molecular weight excluding hydrogens is 194 g/mol. The summed E-state index contributed by atoms with van der Waals surface area (Å²) in [7, 11) is 2.07. The number of rotatable bonds is 4. The molecule has 1 fully saturated rings. The maximum absolute atomic E-state index is 3.38. The zero-order valence-electron chi connectivity index (χ0n) is 10.7. The van der Waals surface area contributed by atoms with Gasteiger partial charge < -0.3 is 5.32 Å². The summed E-state index contributed by atoms with van der Waals surface area (Å²) in [5.74, 6) is 1.55. The summed E-state index contributed by atoms with van der Waals surface area (Å²) >= 11 is 0. The van der Waals surface area contributed by atoms with E-state index in [0.29, 0.717) is 0 Å². The van der Waals surface area contributed by atoms with E-state index in [1.807, 2.05) is 0 Å². The Labute approximate surface area is 99.3 Å². The van der Waals surface area contributed by atoms with Crippen molar-refractivity contribution in [2.45, 2.75) is 45.1 Å². The van der Waals surface area contributed by atoms with Gasteiger partial charge >= 0.3 is 0 Å². The van der Waals surface area contributed by atoms with E-state index in [1.165, 1.54) is 30.4 Å². The van der Waals surface area contributed by atoms with Crippen molar-refractivity contribution < 1.29 is 0 Å². The van der Waals surface area contributed by atoms with Crippen LogP contribution in [0.3, 0.4) is 0 Å². The maximum Gasteiger partial charge on any atom is 0.0101 e. The van der Waals surface area contributed by atoms with E-state index in [-0.39, 0.29) is 0 Å². The Morgan fingerprint density at radius 2 is 1.94 bits per heavy atom. The monoisotopic (exact) mass is 217 g/mol. The Morgan fingerprint density at radius 3 is 2.44 bits per heavy atom. The minimum absolute atomic E-state index is 0.723. The molecular formula is C15H23N. The average Bonchev–Trinajstić information content (AvgIpc) is 2.30. The minimum Gasteiger partial charge on any atom is -0.317 e. The lowest BCUT2D eigenvalue weighted by atomic mass is 9.67. The number of hydrogen-bond acceptors (Lipinski definition) is 1. The van der Waals surface area contributed by atoms with E-state index in [4.69, 9.17) is 0 Å². The molecule has 1 heteroatoms. The second-order valence-corrected chi connectivity index (χ2v) is 5.09. The molecule has 0 heterocycles. The Kier molecular flexibility index (Phi) is 3.65. The van der Waals surface area contributed by atoms with Crippen molar-refractivity contribution in [1.29, 1.82) is 0 Å². The Morgan fingerprint density at radius 1 is 1.25 bits per heavy atom. The van der Waals surface area contributed by atoms with Crippen LogP contribution < -0.4 is 5.32 Å². The van der Waals surface area contributed by atoms with Crippen LogP contribution in [0.5, 0.6) is 0 Å². The smallest absolute Gasteiger partial charge is 0.0101 e. The van der Waals surface area contributed by atoms with Gasteiger partial charge in [-0.25, -0.2) is 0 Å². The van der Waals surface area contributed by atoms with Gasteiger partial charge in [-0.3, -0.25) is 0 Å². The van der Waals surface area contributed by atoms with Crippen LogP contribution in [0, 0.1) is 5.92 Å². The molecule has 1 aliphatic carbocycles. The Bertz CT molecular complexity index is 328. The first-order chi connectivity index (χ1) is 7.76. The molecule has 0 aromatic heterocycles. The van der Waals surface area contributed by atoms with Crippen LogP contribution in [-0.2, 0) is 6.42 Å². The van der Waals surface area contributed by atoms with E-state index in [9.17, 15) is 0 Å². The van der Waals surface area contributed by atoms with E-state index in [0.717, 1.165) is 17.9 Å². The van der Waals surface area contributed by atoms with Crippen LogP contribution in [0.1, 0.15) is 43.7 Å². The third kappa shape index (κ3) is 2.15. The van der Waals surface area contributed by atoms with Crippen LogP contribution in [0.15, 0.2) is 24.3 Å². The molecule has 3 unspecified atom stereocenters. The van der Waals surface area contributed by atoms with Gasteiger partial charge in [-0.05, 0) is 42.9 Å². The van der Waals surface area contributed by atoms with E-state index >= 15 is 0 Å². The summed E-state index contributed by atoms with van der Waals surface area (Å²) in [6.07, 6.45) is 3.74. The first kappa shape index (κ1) is 11.7. The van der Waals surface area contributed by atoms with Crippen LogP contribution in [-0.4, -0.2) is 13.1 Å². The second-order valence-electron chi connectivity index (χ2n) is 5.09. The molecule has 1 saturated carbocycles. The SMILES string of the molecule is CCCc1ccc(C2CC(NC)C2C)cc1. The molecule has 1 nitrogen and oxygen atoms in total. The highest BCUT2D eigenvalue weighted by molar-refractivity contribution is 5.28. The van der Waals surface area contributed by atoms with Crippen LogP contribution in [0.25, 0.3) is 0 Å². The van der Waals surface area contributed by atoms with Crippen molar-refractivity contribution in [1.82, 2.24) is 5.32 Å². The first-order valence-electron chi connectivity index (χ1n) is 6.52. The summed E-state index contributed by atoms with van der Waals surface area (Å²) in [5.41, 5.74) is 3.00. The standard InChI is InChI=1S/C15H23N/c1-4-5-12-6-8-13(9-7-12)14-10-15(16-3)11(14)2/h6-9,11,14-16H,4-5,10H2,1-3H3. The summed E-state index contributed by atoms with van der Waals surface area (Å²) < 4.78 is 0. The third-order valence-corrected chi connectivity index (χ3v) is 4.09. The molecule has 0 radical (unpaired) electrons.